The Morgan fingerprint density at radius 3 is 2.75 bits per heavy atom. The van der Waals surface area contributed by atoms with E-state index in [1.54, 1.807) is 0 Å². The molecule has 0 radical (unpaired) electrons. The first-order chi connectivity index (χ1) is 7.58. The predicted octanol–water partition coefficient (Wildman–Crippen LogP) is 1.07. The van der Waals surface area contributed by atoms with Crippen LogP contribution in [-0.4, -0.2) is 28.8 Å². The van der Waals surface area contributed by atoms with Gasteiger partial charge in [-0.2, -0.15) is 5.26 Å². The number of rotatable bonds is 4. The van der Waals surface area contributed by atoms with Gasteiger partial charge in [-0.3, -0.25) is 0 Å². The Kier molecular flexibility index (Phi) is 4.11. The Bertz CT molecular complexity index is 442. The van der Waals surface area contributed by atoms with Gasteiger partial charge in [0.05, 0.1) is 17.2 Å². The summed E-state index contributed by atoms with van der Waals surface area (Å²) in [5, 5.41) is 28.9. The summed E-state index contributed by atoms with van der Waals surface area (Å²) in [6, 6.07) is 5.23. The number of aliphatic hydroxyl groups excluding tert-OH is 1. The molecular formula is C10H9ClN2O3. The molecule has 0 amide bonds. The number of hydrogen-bond acceptors (Lipinski definition) is 4. The zero-order chi connectivity index (χ0) is 12.1. The van der Waals surface area contributed by atoms with E-state index < -0.39 is 18.6 Å². The van der Waals surface area contributed by atoms with E-state index in [4.69, 9.17) is 27.1 Å². The number of carboxylic acid groups (broad SMARTS) is 1. The molecule has 1 aromatic carbocycles. The van der Waals surface area contributed by atoms with Crippen molar-refractivity contribution in [1.29, 1.82) is 5.26 Å². The molecule has 84 valence electrons. The normalized spacial score (nSPS) is 11.6. The lowest BCUT2D eigenvalue weighted by atomic mass is 10.2. The highest BCUT2D eigenvalue weighted by Crippen LogP contribution is 2.20. The van der Waals surface area contributed by atoms with Crippen LogP contribution in [0, 0.1) is 11.3 Å². The smallest absolute Gasteiger partial charge is 0.328 e. The molecule has 0 saturated carbocycles. The van der Waals surface area contributed by atoms with E-state index in [0.717, 1.165) is 0 Å². The first kappa shape index (κ1) is 12.3. The van der Waals surface area contributed by atoms with Crippen molar-refractivity contribution in [3.63, 3.8) is 0 Å². The van der Waals surface area contributed by atoms with Crippen LogP contribution in [0.1, 0.15) is 5.56 Å². The van der Waals surface area contributed by atoms with Gasteiger partial charge >= 0.3 is 5.97 Å². The maximum atomic E-state index is 10.6. The van der Waals surface area contributed by atoms with Crippen LogP contribution in [0.3, 0.4) is 0 Å². The lowest BCUT2D eigenvalue weighted by Gasteiger charge is -2.13. The summed E-state index contributed by atoms with van der Waals surface area (Å²) in [5.41, 5.74) is 0.744. The van der Waals surface area contributed by atoms with E-state index in [2.05, 4.69) is 5.32 Å². The Hall–Kier alpha value is -1.77. The van der Waals surface area contributed by atoms with Gasteiger partial charge in [-0.05, 0) is 18.2 Å². The predicted molar refractivity (Wildman–Crippen MR) is 58.3 cm³/mol. The molecule has 3 N–H and O–H groups in total. The maximum Gasteiger partial charge on any atom is 0.328 e. The van der Waals surface area contributed by atoms with Crippen LogP contribution >= 0.6 is 11.6 Å². The quantitative estimate of drug-likeness (QED) is 0.732. The average molecular weight is 241 g/mol. The second-order valence-electron chi connectivity index (χ2n) is 3.02. The lowest BCUT2D eigenvalue weighted by molar-refractivity contribution is -0.138. The van der Waals surface area contributed by atoms with Crippen LogP contribution in [0.25, 0.3) is 0 Å². The second-order valence-corrected chi connectivity index (χ2v) is 3.43. The summed E-state index contributed by atoms with van der Waals surface area (Å²) in [5.74, 6) is -1.16. The van der Waals surface area contributed by atoms with Crippen molar-refractivity contribution in [2.75, 3.05) is 11.9 Å². The van der Waals surface area contributed by atoms with Crippen LogP contribution in [-0.2, 0) is 4.79 Å². The molecule has 0 aliphatic heterocycles. The molecule has 1 aromatic rings. The molecule has 5 nitrogen and oxygen atoms in total. The first-order valence-corrected chi connectivity index (χ1v) is 4.76. The molecule has 0 aliphatic rings. The highest BCUT2D eigenvalue weighted by atomic mass is 35.5. The van der Waals surface area contributed by atoms with E-state index in [9.17, 15) is 4.79 Å². The fourth-order valence-corrected chi connectivity index (χ4v) is 1.31. The first-order valence-electron chi connectivity index (χ1n) is 4.38. The van der Waals surface area contributed by atoms with Crippen LogP contribution in [0.4, 0.5) is 5.69 Å². The van der Waals surface area contributed by atoms with Gasteiger partial charge in [0.15, 0.2) is 0 Å². The van der Waals surface area contributed by atoms with Crippen LogP contribution in [0.5, 0.6) is 0 Å². The Labute approximate surface area is 96.9 Å². The molecule has 0 heterocycles. The number of nitrogens with zero attached hydrogens (tertiary/aromatic N) is 1. The number of halogens is 1. The number of nitrogens with one attached hydrogen (secondary N) is 1. The van der Waals surface area contributed by atoms with Gasteiger partial charge in [-0.25, -0.2) is 4.79 Å². The summed E-state index contributed by atoms with van der Waals surface area (Å²) >= 11 is 5.76. The summed E-state index contributed by atoms with van der Waals surface area (Å²) in [6.07, 6.45) is 0. The molecule has 6 heteroatoms. The van der Waals surface area contributed by atoms with Gasteiger partial charge in [-0.1, -0.05) is 11.6 Å². The standard InChI is InChI=1S/C10H9ClN2O3/c11-8-3-7(2-1-6(8)4-12)13-9(5-14)10(15)16/h1-3,9,13-14H,5H2,(H,15,16). The van der Waals surface area contributed by atoms with Crippen molar-refractivity contribution in [3.8, 4) is 6.07 Å². The highest BCUT2D eigenvalue weighted by molar-refractivity contribution is 6.32. The molecule has 0 saturated heterocycles. The van der Waals surface area contributed by atoms with Crippen LogP contribution < -0.4 is 5.32 Å². The summed E-state index contributed by atoms with van der Waals surface area (Å²) in [6.45, 7) is -0.535. The Morgan fingerprint density at radius 2 is 2.31 bits per heavy atom. The van der Waals surface area contributed by atoms with E-state index in [1.807, 2.05) is 6.07 Å². The van der Waals surface area contributed by atoms with Crippen molar-refractivity contribution in [2.24, 2.45) is 0 Å². The third kappa shape index (κ3) is 2.86. The van der Waals surface area contributed by atoms with Gasteiger partial charge in [-0.15, -0.1) is 0 Å². The van der Waals surface area contributed by atoms with Gasteiger partial charge in [0.25, 0.3) is 0 Å². The van der Waals surface area contributed by atoms with E-state index in [-0.39, 0.29) is 5.02 Å². The number of benzene rings is 1. The zero-order valence-corrected chi connectivity index (χ0v) is 8.90. The zero-order valence-electron chi connectivity index (χ0n) is 8.14. The van der Waals surface area contributed by atoms with Gasteiger partial charge in [0, 0.05) is 5.69 Å². The minimum absolute atomic E-state index is 0.231. The Balaban J connectivity index is 2.87. The van der Waals surface area contributed by atoms with E-state index in [1.165, 1.54) is 18.2 Å². The molecular weight excluding hydrogens is 232 g/mol. The largest absolute Gasteiger partial charge is 0.480 e. The lowest BCUT2D eigenvalue weighted by Crippen LogP contribution is -2.32. The fraction of sp³-hybridized carbons (Fsp3) is 0.200. The molecule has 1 rings (SSSR count). The molecule has 0 aliphatic carbocycles. The number of carbonyl (C=O) groups is 1. The van der Waals surface area contributed by atoms with Gasteiger partial charge < -0.3 is 15.5 Å². The van der Waals surface area contributed by atoms with Crippen molar-refractivity contribution in [2.45, 2.75) is 6.04 Å². The number of carboxylic acids is 1. The molecule has 16 heavy (non-hydrogen) atoms. The number of nitriles is 1. The molecule has 1 unspecified atom stereocenters. The van der Waals surface area contributed by atoms with E-state index in [0.29, 0.717) is 11.3 Å². The second kappa shape index (κ2) is 5.35. The van der Waals surface area contributed by atoms with Gasteiger partial charge in [0.1, 0.15) is 12.1 Å². The topological polar surface area (TPSA) is 93.4 Å². The minimum atomic E-state index is -1.16. The highest BCUT2D eigenvalue weighted by Gasteiger charge is 2.15. The number of anilines is 1. The molecule has 0 spiro atoms. The number of aliphatic hydroxyl groups is 1. The van der Waals surface area contributed by atoms with Gasteiger partial charge in [0.2, 0.25) is 0 Å². The minimum Gasteiger partial charge on any atom is -0.480 e. The summed E-state index contributed by atoms with van der Waals surface area (Å²) in [4.78, 5) is 10.6. The third-order valence-electron chi connectivity index (χ3n) is 1.91. The van der Waals surface area contributed by atoms with Crippen molar-refractivity contribution >= 4 is 23.3 Å². The number of aliphatic carboxylic acids is 1. The molecule has 0 fully saturated rings. The molecule has 1 atom stereocenters. The molecule has 0 aromatic heterocycles. The van der Waals surface area contributed by atoms with Crippen LogP contribution in [0.2, 0.25) is 5.02 Å². The average Bonchev–Trinajstić information content (AvgIpc) is 2.25. The number of hydrogen-bond donors (Lipinski definition) is 3. The SMILES string of the molecule is N#Cc1ccc(NC(CO)C(=O)O)cc1Cl. The maximum absolute atomic E-state index is 10.6. The van der Waals surface area contributed by atoms with Crippen molar-refractivity contribution in [3.05, 3.63) is 28.8 Å². The van der Waals surface area contributed by atoms with Crippen molar-refractivity contribution in [1.82, 2.24) is 0 Å². The summed E-state index contributed by atoms with van der Waals surface area (Å²) in [7, 11) is 0. The monoisotopic (exact) mass is 240 g/mol. The molecule has 0 bridgehead atoms. The Morgan fingerprint density at radius 1 is 1.62 bits per heavy atom. The fourth-order valence-electron chi connectivity index (χ4n) is 1.08. The van der Waals surface area contributed by atoms with Crippen LogP contribution in [0.15, 0.2) is 18.2 Å². The third-order valence-corrected chi connectivity index (χ3v) is 2.22. The van der Waals surface area contributed by atoms with E-state index >= 15 is 0 Å². The summed E-state index contributed by atoms with van der Waals surface area (Å²) < 4.78 is 0. The van der Waals surface area contributed by atoms with Crippen molar-refractivity contribution < 1.29 is 15.0 Å².